The molecular weight excluding hydrogens is 122 g/mol. The monoisotopic (exact) mass is 133 g/mol. The van der Waals surface area contributed by atoms with E-state index in [0.29, 0.717) is 6.61 Å². The average Bonchev–Trinajstić information content (AvgIpc) is 1.89. The summed E-state index contributed by atoms with van der Waals surface area (Å²) in [4.78, 5) is 18.8. The highest BCUT2D eigenvalue weighted by Gasteiger charge is 1.95. The molecule has 0 unspecified atom stereocenters. The van der Waals surface area contributed by atoms with Gasteiger partial charge in [-0.15, -0.1) is 0 Å². The van der Waals surface area contributed by atoms with Gasteiger partial charge in [0, 0.05) is 7.05 Å². The van der Waals surface area contributed by atoms with Crippen LogP contribution < -0.4 is 5.32 Å². The molecule has 4 nitrogen and oxygen atoms in total. The fraction of sp³-hybridized carbons (Fsp3) is 0.800. The summed E-state index contributed by atoms with van der Waals surface area (Å²) >= 11 is 0. The highest BCUT2D eigenvalue weighted by Crippen LogP contribution is 1.81. The molecule has 1 N–H and O–H groups in total. The van der Waals surface area contributed by atoms with Crippen molar-refractivity contribution in [3.63, 3.8) is 0 Å². The van der Waals surface area contributed by atoms with Crippen LogP contribution in [0.15, 0.2) is 0 Å². The zero-order valence-electron chi connectivity index (χ0n) is 5.64. The molecule has 0 atom stereocenters. The molecule has 4 heteroatoms. The number of amides is 1. The van der Waals surface area contributed by atoms with Crippen LogP contribution in [0.3, 0.4) is 0 Å². The first-order valence-electron chi connectivity index (χ1n) is 2.82. The van der Waals surface area contributed by atoms with Gasteiger partial charge in [0.15, 0.2) is 0 Å². The lowest BCUT2D eigenvalue weighted by atomic mass is 10.5. The molecule has 0 rings (SSSR count). The van der Waals surface area contributed by atoms with Crippen LogP contribution in [0.4, 0.5) is 4.79 Å². The molecule has 0 saturated heterocycles. The van der Waals surface area contributed by atoms with E-state index in [1.165, 1.54) is 7.05 Å². The molecule has 0 aliphatic heterocycles. The largest absolute Gasteiger partial charge is 0.438 e. The predicted molar refractivity (Wildman–Crippen MR) is 31.8 cm³/mol. The molecule has 0 saturated carbocycles. The maximum absolute atomic E-state index is 10.2. The molecule has 0 radical (unpaired) electrons. The Morgan fingerprint density at radius 3 is 2.78 bits per heavy atom. The summed E-state index contributed by atoms with van der Waals surface area (Å²) in [6.45, 7) is 2.36. The molecule has 0 aromatic carbocycles. The van der Waals surface area contributed by atoms with E-state index in [1.54, 1.807) is 0 Å². The van der Waals surface area contributed by atoms with Crippen molar-refractivity contribution in [2.45, 2.75) is 13.3 Å². The van der Waals surface area contributed by atoms with Gasteiger partial charge in [-0.05, 0) is 6.42 Å². The minimum absolute atomic E-state index is 0.438. The fourth-order valence-electron chi connectivity index (χ4n) is 0.220. The average molecular weight is 133 g/mol. The standard InChI is InChI=1S/C5H11NO3/c1-3-4-8-9-5(7)6-2/h3-4H2,1-2H3,(H,6,7). The van der Waals surface area contributed by atoms with Crippen LogP contribution in [-0.4, -0.2) is 19.7 Å². The molecule has 1 amide bonds. The van der Waals surface area contributed by atoms with Gasteiger partial charge in [-0.3, -0.25) is 4.89 Å². The van der Waals surface area contributed by atoms with Crippen molar-refractivity contribution in [1.82, 2.24) is 5.32 Å². The maximum atomic E-state index is 10.2. The van der Waals surface area contributed by atoms with Crippen LogP contribution in [0.2, 0.25) is 0 Å². The molecular formula is C5H11NO3. The molecule has 0 bridgehead atoms. The van der Waals surface area contributed by atoms with Gasteiger partial charge >= 0.3 is 6.09 Å². The minimum Gasteiger partial charge on any atom is -0.322 e. The van der Waals surface area contributed by atoms with Crippen LogP contribution >= 0.6 is 0 Å². The van der Waals surface area contributed by atoms with Gasteiger partial charge in [0.05, 0.1) is 6.61 Å². The number of carbonyl (C=O) groups is 1. The van der Waals surface area contributed by atoms with E-state index in [2.05, 4.69) is 15.1 Å². The lowest BCUT2D eigenvalue weighted by molar-refractivity contribution is -0.237. The maximum Gasteiger partial charge on any atom is 0.438 e. The van der Waals surface area contributed by atoms with Gasteiger partial charge in [0.25, 0.3) is 0 Å². The SMILES string of the molecule is CCCOOC(=O)NC. The Balaban J connectivity index is 2.97. The van der Waals surface area contributed by atoms with E-state index in [-0.39, 0.29) is 0 Å². The summed E-state index contributed by atoms with van der Waals surface area (Å²) in [7, 11) is 1.47. The minimum atomic E-state index is -0.566. The van der Waals surface area contributed by atoms with Crippen molar-refractivity contribution < 1.29 is 14.6 Å². The van der Waals surface area contributed by atoms with Crippen LogP contribution in [0.5, 0.6) is 0 Å². The molecule has 0 heterocycles. The summed E-state index contributed by atoms with van der Waals surface area (Å²) in [6, 6.07) is 0. The van der Waals surface area contributed by atoms with Gasteiger partial charge in [0.1, 0.15) is 0 Å². The van der Waals surface area contributed by atoms with Crippen LogP contribution in [-0.2, 0) is 9.78 Å². The van der Waals surface area contributed by atoms with Gasteiger partial charge in [-0.2, -0.15) is 4.89 Å². The van der Waals surface area contributed by atoms with Crippen molar-refractivity contribution in [2.75, 3.05) is 13.7 Å². The topological polar surface area (TPSA) is 47.6 Å². The van der Waals surface area contributed by atoms with E-state index in [1.807, 2.05) is 6.92 Å². The third-order valence-electron chi connectivity index (χ3n) is 0.626. The number of nitrogens with one attached hydrogen (secondary N) is 1. The van der Waals surface area contributed by atoms with Crippen molar-refractivity contribution in [3.05, 3.63) is 0 Å². The summed E-state index contributed by atoms with van der Waals surface area (Å²) in [5.41, 5.74) is 0. The summed E-state index contributed by atoms with van der Waals surface area (Å²) in [5, 5.41) is 2.24. The second-order valence-electron chi connectivity index (χ2n) is 1.44. The third-order valence-corrected chi connectivity index (χ3v) is 0.626. The number of hydrogen-bond donors (Lipinski definition) is 1. The Hall–Kier alpha value is -0.770. The summed E-state index contributed by atoms with van der Waals surface area (Å²) in [6.07, 6.45) is 0.264. The highest BCUT2D eigenvalue weighted by atomic mass is 17.2. The molecule has 0 aromatic heterocycles. The molecule has 0 aliphatic carbocycles. The first-order valence-corrected chi connectivity index (χ1v) is 2.82. The Bertz CT molecular complexity index is 84.3. The first-order chi connectivity index (χ1) is 4.31. The zero-order valence-corrected chi connectivity index (χ0v) is 5.64. The number of hydrogen-bond acceptors (Lipinski definition) is 3. The van der Waals surface area contributed by atoms with Gasteiger partial charge in [-0.1, -0.05) is 6.92 Å². The van der Waals surface area contributed by atoms with Crippen LogP contribution in [0.25, 0.3) is 0 Å². The lowest BCUT2D eigenvalue weighted by Crippen LogP contribution is -2.19. The molecule has 0 spiro atoms. The Morgan fingerprint density at radius 1 is 1.67 bits per heavy atom. The van der Waals surface area contributed by atoms with E-state index in [4.69, 9.17) is 0 Å². The van der Waals surface area contributed by atoms with Crippen molar-refractivity contribution in [2.24, 2.45) is 0 Å². The van der Waals surface area contributed by atoms with Gasteiger partial charge in [0.2, 0.25) is 0 Å². The lowest BCUT2D eigenvalue weighted by Gasteiger charge is -1.98. The third kappa shape index (κ3) is 5.10. The van der Waals surface area contributed by atoms with E-state index >= 15 is 0 Å². The van der Waals surface area contributed by atoms with Crippen molar-refractivity contribution in [1.29, 1.82) is 0 Å². The van der Waals surface area contributed by atoms with Gasteiger partial charge < -0.3 is 5.32 Å². The number of rotatable bonds is 3. The highest BCUT2D eigenvalue weighted by molar-refractivity contribution is 5.65. The van der Waals surface area contributed by atoms with Crippen LogP contribution in [0, 0.1) is 0 Å². The quantitative estimate of drug-likeness (QED) is 0.350. The van der Waals surface area contributed by atoms with E-state index < -0.39 is 6.09 Å². The normalized spacial score (nSPS) is 8.67. The van der Waals surface area contributed by atoms with E-state index in [9.17, 15) is 4.79 Å². The molecule has 9 heavy (non-hydrogen) atoms. The number of carbonyl (C=O) groups excluding carboxylic acids is 1. The van der Waals surface area contributed by atoms with E-state index in [0.717, 1.165) is 6.42 Å². The van der Waals surface area contributed by atoms with Crippen LogP contribution in [0.1, 0.15) is 13.3 Å². The van der Waals surface area contributed by atoms with Crippen molar-refractivity contribution in [3.8, 4) is 0 Å². The molecule has 0 aliphatic rings. The smallest absolute Gasteiger partial charge is 0.322 e. The molecule has 54 valence electrons. The zero-order chi connectivity index (χ0) is 7.11. The molecule has 0 fully saturated rings. The fourth-order valence-corrected chi connectivity index (χ4v) is 0.220. The predicted octanol–water partition coefficient (Wildman–Crippen LogP) is 0.684. The Morgan fingerprint density at radius 2 is 2.33 bits per heavy atom. The Kier molecular flexibility index (Phi) is 4.91. The molecule has 0 aromatic rings. The Labute approximate surface area is 54.1 Å². The first kappa shape index (κ1) is 8.23. The second kappa shape index (κ2) is 5.37. The second-order valence-corrected chi connectivity index (χ2v) is 1.44. The summed E-state index contributed by atoms with van der Waals surface area (Å²) in [5.74, 6) is 0. The van der Waals surface area contributed by atoms with Crippen molar-refractivity contribution >= 4 is 6.09 Å². The van der Waals surface area contributed by atoms with Gasteiger partial charge in [-0.25, -0.2) is 4.79 Å². The summed E-state index contributed by atoms with van der Waals surface area (Å²) < 4.78 is 0.